The molecule has 0 aromatic heterocycles. The standard InChI is InChI=1S/C17H13ClN2O4/c1-23-16(21)11-6-3-4-9-20(15(11)17(22)24-2)14-8-5-7-13(18)12(14)10-19/h3-9H,1-2H3. The van der Waals surface area contributed by atoms with Crippen LogP contribution in [-0.4, -0.2) is 26.2 Å². The number of esters is 2. The average molecular weight is 345 g/mol. The second kappa shape index (κ2) is 7.49. The van der Waals surface area contributed by atoms with Gasteiger partial charge in [0.25, 0.3) is 0 Å². The Hall–Kier alpha value is -3.04. The van der Waals surface area contributed by atoms with Gasteiger partial charge in [0.2, 0.25) is 0 Å². The monoisotopic (exact) mass is 344 g/mol. The number of halogens is 1. The lowest BCUT2D eigenvalue weighted by molar-refractivity contribution is -0.139. The van der Waals surface area contributed by atoms with Crippen LogP contribution in [-0.2, 0) is 19.1 Å². The number of nitrogens with zero attached hydrogens (tertiary/aromatic N) is 2. The number of carbonyl (C=O) groups excluding carboxylic acids is 2. The number of carbonyl (C=O) groups is 2. The summed E-state index contributed by atoms with van der Waals surface area (Å²) in [5, 5.41) is 9.61. The molecule has 122 valence electrons. The van der Waals surface area contributed by atoms with Crippen LogP contribution in [0.25, 0.3) is 0 Å². The van der Waals surface area contributed by atoms with Crippen molar-refractivity contribution in [1.82, 2.24) is 0 Å². The van der Waals surface area contributed by atoms with E-state index in [1.165, 1.54) is 31.4 Å². The molecule has 0 unspecified atom stereocenters. The van der Waals surface area contributed by atoms with Gasteiger partial charge in [-0.05, 0) is 24.3 Å². The fourth-order valence-corrected chi connectivity index (χ4v) is 2.39. The molecule has 0 aliphatic carbocycles. The number of anilines is 1. The zero-order chi connectivity index (χ0) is 17.7. The van der Waals surface area contributed by atoms with Gasteiger partial charge in [0.1, 0.15) is 11.8 Å². The molecule has 0 atom stereocenters. The minimum atomic E-state index is -0.754. The van der Waals surface area contributed by atoms with Crippen LogP contribution >= 0.6 is 11.6 Å². The van der Waals surface area contributed by atoms with E-state index in [9.17, 15) is 14.9 Å². The van der Waals surface area contributed by atoms with E-state index in [-0.39, 0.29) is 21.9 Å². The van der Waals surface area contributed by atoms with Gasteiger partial charge >= 0.3 is 11.9 Å². The molecule has 0 fully saturated rings. The Balaban J connectivity index is 2.76. The van der Waals surface area contributed by atoms with Crippen LogP contribution in [0.15, 0.2) is 53.9 Å². The number of hydrogen-bond donors (Lipinski definition) is 0. The Bertz CT molecular complexity index is 818. The number of hydrogen-bond acceptors (Lipinski definition) is 6. The van der Waals surface area contributed by atoms with Crippen LogP contribution in [0.4, 0.5) is 5.69 Å². The van der Waals surface area contributed by atoms with Crippen LogP contribution in [0.1, 0.15) is 5.56 Å². The Labute approximate surface area is 143 Å². The summed E-state index contributed by atoms with van der Waals surface area (Å²) in [6.45, 7) is 0. The molecule has 0 spiro atoms. The van der Waals surface area contributed by atoms with Crippen molar-refractivity contribution >= 4 is 29.2 Å². The van der Waals surface area contributed by atoms with Gasteiger partial charge in [-0.25, -0.2) is 9.59 Å². The first-order valence-corrected chi connectivity index (χ1v) is 7.16. The van der Waals surface area contributed by atoms with Crippen molar-refractivity contribution < 1.29 is 19.1 Å². The van der Waals surface area contributed by atoms with Gasteiger partial charge in [0.15, 0.2) is 0 Å². The maximum atomic E-state index is 12.3. The van der Waals surface area contributed by atoms with Gasteiger partial charge in [0.05, 0.1) is 36.1 Å². The Morgan fingerprint density at radius 2 is 1.88 bits per heavy atom. The highest BCUT2D eigenvalue weighted by Crippen LogP contribution is 2.32. The first-order valence-electron chi connectivity index (χ1n) is 6.78. The first-order chi connectivity index (χ1) is 11.5. The van der Waals surface area contributed by atoms with Crippen LogP contribution in [0.3, 0.4) is 0 Å². The molecular weight excluding hydrogens is 332 g/mol. The van der Waals surface area contributed by atoms with E-state index in [1.807, 2.05) is 6.07 Å². The van der Waals surface area contributed by atoms with E-state index in [4.69, 9.17) is 21.1 Å². The molecule has 6 nitrogen and oxygen atoms in total. The highest BCUT2D eigenvalue weighted by atomic mass is 35.5. The Kier molecular flexibility index (Phi) is 5.40. The smallest absolute Gasteiger partial charge is 0.355 e. The summed E-state index contributed by atoms with van der Waals surface area (Å²) in [7, 11) is 2.41. The highest BCUT2D eigenvalue weighted by Gasteiger charge is 2.28. The van der Waals surface area contributed by atoms with Gasteiger partial charge in [-0.15, -0.1) is 0 Å². The van der Waals surface area contributed by atoms with Gasteiger partial charge in [0, 0.05) is 6.20 Å². The minimum Gasteiger partial charge on any atom is -0.465 e. The molecule has 1 aromatic rings. The van der Waals surface area contributed by atoms with Crippen LogP contribution in [0, 0.1) is 11.3 Å². The molecule has 1 aliphatic rings. The molecule has 2 rings (SSSR count). The molecule has 1 aliphatic heterocycles. The summed E-state index contributed by atoms with van der Waals surface area (Å²) >= 11 is 6.06. The molecule has 0 bridgehead atoms. The van der Waals surface area contributed by atoms with Crippen molar-refractivity contribution in [3.8, 4) is 6.07 Å². The molecule has 24 heavy (non-hydrogen) atoms. The lowest BCUT2D eigenvalue weighted by atomic mass is 10.1. The van der Waals surface area contributed by atoms with Crippen molar-refractivity contribution in [3.63, 3.8) is 0 Å². The topological polar surface area (TPSA) is 79.6 Å². The number of nitriles is 1. The number of allylic oxidation sites excluding steroid dienone is 2. The van der Waals surface area contributed by atoms with Crippen LogP contribution in [0.2, 0.25) is 5.02 Å². The highest BCUT2D eigenvalue weighted by molar-refractivity contribution is 6.32. The summed E-state index contributed by atoms with van der Waals surface area (Å²) in [6, 6.07) is 6.81. The first kappa shape index (κ1) is 17.3. The summed E-state index contributed by atoms with van der Waals surface area (Å²) < 4.78 is 9.53. The largest absolute Gasteiger partial charge is 0.465 e. The van der Waals surface area contributed by atoms with Crippen molar-refractivity contribution in [2.45, 2.75) is 0 Å². The van der Waals surface area contributed by atoms with E-state index >= 15 is 0 Å². The van der Waals surface area contributed by atoms with Gasteiger partial charge < -0.3 is 14.4 Å². The summed E-state index contributed by atoms with van der Waals surface area (Å²) in [5.74, 6) is -1.46. The molecule has 0 radical (unpaired) electrons. The van der Waals surface area contributed by atoms with Crippen molar-refractivity contribution in [1.29, 1.82) is 5.26 Å². The second-order valence-electron chi connectivity index (χ2n) is 4.56. The lowest BCUT2D eigenvalue weighted by Crippen LogP contribution is -2.27. The van der Waals surface area contributed by atoms with Gasteiger partial charge in [-0.1, -0.05) is 23.7 Å². The Morgan fingerprint density at radius 3 is 2.50 bits per heavy atom. The number of ether oxygens (including phenoxy) is 2. The van der Waals surface area contributed by atoms with Crippen LogP contribution < -0.4 is 4.90 Å². The molecule has 0 amide bonds. The zero-order valence-electron chi connectivity index (χ0n) is 12.9. The SMILES string of the molecule is COC(=O)C1=C(C(=O)OC)N(c2cccc(Cl)c2C#N)C=CC=C1. The van der Waals surface area contributed by atoms with E-state index in [2.05, 4.69) is 0 Å². The number of methoxy groups -OCH3 is 2. The summed E-state index contributed by atoms with van der Waals surface area (Å²) in [4.78, 5) is 25.7. The van der Waals surface area contributed by atoms with E-state index in [1.54, 1.807) is 30.4 Å². The maximum Gasteiger partial charge on any atom is 0.355 e. The predicted octanol–water partition coefficient (Wildman–Crippen LogP) is 2.70. The second-order valence-corrected chi connectivity index (χ2v) is 4.97. The summed E-state index contributed by atoms with van der Waals surface area (Å²) in [5.41, 5.74) is 0.425. The van der Waals surface area contributed by atoms with Crippen molar-refractivity contribution in [2.24, 2.45) is 0 Å². The third kappa shape index (κ3) is 3.16. The quantitative estimate of drug-likeness (QED) is 0.784. The predicted molar refractivity (Wildman–Crippen MR) is 88.0 cm³/mol. The normalized spacial score (nSPS) is 13.3. The van der Waals surface area contributed by atoms with E-state index in [0.29, 0.717) is 5.69 Å². The molecule has 0 N–H and O–H groups in total. The third-order valence-corrected chi connectivity index (χ3v) is 3.57. The lowest BCUT2D eigenvalue weighted by Gasteiger charge is -2.24. The molecular formula is C17H13ClN2O4. The van der Waals surface area contributed by atoms with Crippen molar-refractivity contribution in [2.75, 3.05) is 19.1 Å². The zero-order valence-corrected chi connectivity index (χ0v) is 13.7. The summed E-state index contributed by atoms with van der Waals surface area (Å²) in [6.07, 6.45) is 6.16. The number of benzene rings is 1. The molecule has 1 aromatic carbocycles. The molecule has 7 heteroatoms. The minimum absolute atomic E-state index is 0.00165. The van der Waals surface area contributed by atoms with Crippen LogP contribution in [0.5, 0.6) is 0 Å². The van der Waals surface area contributed by atoms with Gasteiger partial charge in [-0.2, -0.15) is 5.26 Å². The van der Waals surface area contributed by atoms with Gasteiger partial charge in [-0.3, -0.25) is 0 Å². The maximum absolute atomic E-state index is 12.3. The molecule has 0 saturated carbocycles. The van der Waals surface area contributed by atoms with E-state index < -0.39 is 11.9 Å². The van der Waals surface area contributed by atoms with E-state index in [0.717, 1.165) is 0 Å². The van der Waals surface area contributed by atoms with Crippen molar-refractivity contribution in [3.05, 3.63) is 64.5 Å². The molecule has 0 saturated heterocycles. The fraction of sp³-hybridized carbons (Fsp3) is 0.118. The average Bonchev–Trinajstić information content (AvgIpc) is 2.82. The Morgan fingerprint density at radius 1 is 1.17 bits per heavy atom. The third-order valence-electron chi connectivity index (χ3n) is 3.25. The fourth-order valence-electron chi connectivity index (χ4n) is 2.18. The molecule has 1 heterocycles. The number of rotatable bonds is 3.